The van der Waals surface area contributed by atoms with Gasteiger partial charge in [0.05, 0.1) is 11.9 Å². The molecular weight excluding hydrogens is 178 g/mol. The molecule has 0 bridgehead atoms. The first-order chi connectivity index (χ1) is 5.64. The molecule has 1 aliphatic rings. The summed E-state index contributed by atoms with van der Waals surface area (Å²) in [5, 5.41) is 0. The normalized spacial score (nSPS) is 24.6. The molecule has 0 spiro atoms. The Labute approximate surface area is 73.3 Å². The first-order valence-corrected chi connectivity index (χ1v) is 5.88. The van der Waals surface area contributed by atoms with E-state index in [0.29, 0.717) is 13.2 Å². The van der Waals surface area contributed by atoms with Crippen molar-refractivity contribution in [2.45, 2.75) is 25.9 Å². The minimum atomic E-state index is -3.09. The van der Waals surface area contributed by atoms with E-state index in [1.165, 1.54) is 0 Å². The van der Waals surface area contributed by atoms with E-state index >= 15 is 0 Å². The van der Waals surface area contributed by atoms with E-state index in [4.69, 9.17) is 4.74 Å². The highest BCUT2D eigenvalue weighted by atomic mass is 32.2. The molecule has 0 aliphatic carbocycles. The maximum Gasteiger partial charge on any atom is 0.214 e. The number of hydrogen-bond acceptors (Lipinski definition) is 3. The number of nitrogens with one attached hydrogen (secondary N) is 1. The average Bonchev–Trinajstić information content (AvgIpc) is 2.38. The summed E-state index contributed by atoms with van der Waals surface area (Å²) in [5.41, 5.74) is 0. The van der Waals surface area contributed by atoms with Crippen LogP contribution in [0.1, 0.15) is 19.8 Å². The molecule has 1 saturated heterocycles. The molecule has 0 amide bonds. The van der Waals surface area contributed by atoms with Crippen molar-refractivity contribution < 1.29 is 13.2 Å². The summed E-state index contributed by atoms with van der Waals surface area (Å²) in [5.74, 6) is 0.112. The lowest BCUT2D eigenvalue weighted by molar-refractivity contribution is 0.127. The average molecular weight is 193 g/mol. The van der Waals surface area contributed by atoms with Crippen LogP contribution < -0.4 is 4.72 Å². The van der Waals surface area contributed by atoms with Crippen LogP contribution in [0.2, 0.25) is 0 Å². The Morgan fingerprint density at radius 3 is 2.83 bits per heavy atom. The van der Waals surface area contributed by atoms with Gasteiger partial charge < -0.3 is 4.74 Å². The molecule has 0 aromatic heterocycles. The van der Waals surface area contributed by atoms with Crippen molar-refractivity contribution in [2.75, 3.05) is 18.9 Å². The summed E-state index contributed by atoms with van der Waals surface area (Å²) >= 11 is 0. The highest BCUT2D eigenvalue weighted by Crippen LogP contribution is 2.13. The second-order valence-electron chi connectivity index (χ2n) is 2.91. The van der Waals surface area contributed by atoms with Crippen molar-refractivity contribution >= 4 is 10.0 Å². The van der Waals surface area contributed by atoms with E-state index in [0.717, 1.165) is 12.8 Å². The van der Waals surface area contributed by atoms with Crippen LogP contribution in [-0.4, -0.2) is 33.4 Å². The van der Waals surface area contributed by atoms with Crippen LogP contribution in [0.5, 0.6) is 0 Å². The SMILES string of the molecule is CCNS(=O)(=O)CC1CCCO1. The Hall–Kier alpha value is -0.130. The fourth-order valence-corrected chi connectivity index (χ4v) is 2.61. The van der Waals surface area contributed by atoms with Crippen molar-refractivity contribution in [3.63, 3.8) is 0 Å². The summed E-state index contributed by atoms with van der Waals surface area (Å²) in [6.07, 6.45) is 1.76. The summed E-state index contributed by atoms with van der Waals surface area (Å²) in [4.78, 5) is 0. The molecule has 72 valence electrons. The first-order valence-electron chi connectivity index (χ1n) is 4.23. The van der Waals surface area contributed by atoms with Gasteiger partial charge in [0.2, 0.25) is 10.0 Å². The minimum Gasteiger partial charge on any atom is -0.377 e. The smallest absolute Gasteiger partial charge is 0.214 e. The van der Waals surface area contributed by atoms with E-state index in [1.807, 2.05) is 0 Å². The van der Waals surface area contributed by atoms with Gasteiger partial charge in [-0.2, -0.15) is 0 Å². The monoisotopic (exact) mass is 193 g/mol. The molecule has 1 N–H and O–H groups in total. The quantitative estimate of drug-likeness (QED) is 0.689. The molecule has 0 aromatic carbocycles. The molecule has 1 rings (SSSR count). The highest BCUT2D eigenvalue weighted by Gasteiger charge is 2.22. The van der Waals surface area contributed by atoms with E-state index in [2.05, 4.69) is 4.72 Å². The third kappa shape index (κ3) is 3.08. The van der Waals surface area contributed by atoms with Crippen molar-refractivity contribution in [3.05, 3.63) is 0 Å². The maximum absolute atomic E-state index is 11.2. The van der Waals surface area contributed by atoms with Crippen molar-refractivity contribution in [1.29, 1.82) is 0 Å². The van der Waals surface area contributed by atoms with Crippen molar-refractivity contribution in [2.24, 2.45) is 0 Å². The van der Waals surface area contributed by atoms with Gasteiger partial charge in [-0.25, -0.2) is 13.1 Å². The van der Waals surface area contributed by atoms with E-state index in [9.17, 15) is 8.42 Å². The van der Waals surface area contributed by atoms with Crippen molar-refractivity contribution in [3.8, 4) is 0 Å². The van der Waals surface area contributed by atoms with E-state index in [-0.39, 0.29) is 11.9 Å². The molecule has 1 fully saturated rings. The summed E-state index contributed by atoms with van der Waals surface area (Å²) in [6.45, 7) is 2.93. The standard InChI is InChI=1S/C7H15NO3S/c1-2-8-12(9,10)6-7-4-3-5-11-7/h7-8H,2-6H2,1H3. The number of hydrogen-bond donors (Lipinski definition) is 1. The predicted molar refractivity (Wildman–Crippen MR) is 46.4 cm³/mol. The third-order valence-electron chi connectivity index (χ3n) is 1.79. The Kier molecular flexibility index (Phi) is 3.49. The summed E-state index contributed by atoms with van der Waals surface area (Å²) < 4.78 is 30.0. The van der Waals surface area contributed by atoms with Crippen molar-refractivity contribution in [1.82, 2.24) is 4.72 Å². The molecule has 1 atom stereocenters. The van der Waals surface area contributed by atoms with E-state index in [1.54, 1.807) is 6.92 Å². The lowest BCUT2D eigenvalue weighted by Gasteiger charge is -2.09. The van der Waals surface area contributed by atoms with Gasteiger partial charge in [0, 0.05) is 13.2 Å². The zero-order chi connectivity index (χ0) is 9.03. The molecule has 4 nitrogen and oxygen atoms in total. The predicted octanol–water partition coefficient (Wildman–Crippen LogP) is 0.105. The molecule has 12 heavy (non-hydrogen) atoms. The molecule has 0 radical (unpaired) electrons. The van der Waals surface area contributed by atoms with Gasteiger partial charge in [0.1, 0.15) is 0 Å². The summed E-state index contributed by atoms with van der Waals surface area (Å²) in [7, 11) is -3.09. The van der Waals surface area contributed by atoms with Gasteiger partial charge in [0.25, 0.3) is 0 Å². The largest absolute Gasteiger partial charge is 0.377 e. The van der Waals surface area contributed by atoms with Crippen LogP contribution in [-0.2, 0) is 14.8 Å². The van der Waals surface area contributed by atoms with Gasteiger partial charge >= 0.3 is 0 Å². The Morgan fingerprint density at radius 2 is 2.33 bits per heavy atom. The summed E-state index contributed by atoms with van der Waals surface area (Å²) in [6, 6.07) is 0. The molecule has 5 heteroatoms. The molecule has 1 aliphatic heterocycles. The number of ether oxygens (including phenoxy) is 1. The second-order valence-corrected chi connectivity index (χ2v) is 4.77. The molecule has 1 heterocycles. The van der Waals surface area contributed by atoms with Gasteiger partial charge in [-0.05, 0) is 12.8 Å². The Balaban J connectivity index is 2.38. The lowest BCUT2D eigenvalue weighted by Crippen LogP contribution is -2.31. The Bertz CT molecular complexity index is 219. The highest BCUT2D eigenvalue weighted by molar-refractivity contribution is 7.89. The molecular formula is C7H15NO3S. The topological polar surface area (TPSA) is 55.4 Å². The zero-order valence-corrected chi connectivity index (χ0v) is 8.06. The van der Waals surface area contributed by atoms with Gasteiger partial charge in [-0.3, -0.25) is 0 Å². The van der Waals surface area contributed by atoms with Crippen LogP contribution in [0, 0.1) is 0 Å². The van der Waals surface area contributed by atoms with Gasteiger partial charge in [-0.15, -0.1) is 0 Å². The van der Waals surface area contributed by atoms with E-state index < -0.39 is 10.0 Å². The van der Waals surface area contributed by atoms with Crippen LogP contribution >= 0.6 is 0 Å². The minimum absolute atomic E-state index is 0.0888. The number of rotatable bonds is 4. The zero-order valence-electron chi connectivity index (χ0n) is 7.25. The maximum atomic E-state index is 11.2. The molecule has 0 saturated carbocycles. The van der Waals surface area contributed by atoms with Gasteiger partial charge in [0.15, 0.2) is 0 Å². The third-order valence-corrected chi connectivity index (χ3v) is 3.33. The van der Waals surface area contributed by atoms with Crippen LogP contribution in [0.15, 0.2) is 0 Å². The molecule has 1 unspecified atom stereocenters. The fraction of sp³-hybridized carbons (Fsp3) is 1.00. The molecule has 0 aromatic rings. The van der Waals surface area contributed by atoms with Crippen LogP contribution in [0.4, 0.5) is 0 Å². The fourth-order valence-electron chi connectivity index (χ4n) is 1.30. The van der Waals surface area contributed by atoms with Crippen LogP contribution in [0.25, 0.3) is 0 Å². The van der Waals surface area contributed by atoms with Crippen LogP contribution in [0.3, 0.4) is 0 Å². The second kappa shape index (κ2) is 4.20. The Morgan fingerprint density at radius 1 is 1.58 bits per heavy atom. The van der Waals surface area contributed by atoms with Gasteiger partial charge in [-0.1, -0.05) is 6.92 Å². The number of sulfonamides is 1. The lowest BCUT2D eigenvalue weighted by atomic mass is 10.3. The first kappa shape index (κ1) is 9.95.